The Morgan fingerprint density at radius 1 is 1.19 bits per heavy atom. The van der Waals surface area contributed by atoms with E-state index in [1.54, 1.807) is 43.4 Å². The predicted molar refractivity (Wildman–Crippen MR) is 140 cm³/mol. The molecule has 2 aromatic carbocycles. The Hall–Kier alpha value is -3.13. The molecule has 2 N–H and O–H groups in total. The third kappa shape index (κ3) is 6.35. The molecule has 7 nitrogen and oxygen atoms in total. The fraction of sp³-hybridized carbons (Fsp3) is 0.500. The minimum absolute atomic E-state index is 0.0628. The van der Waals surface area contributed by atoms with Crippen LogP contribution >= 0.6 is 0 Å². The highest BCUT2D eigenvalue weighted by molar-refractivity contribution is 6.05. The predicted octanol–water partition coefficient (Wildman–Crippen LogP) is 4.12. The number of rotatable bonds is 9. The third-order valence-electron chi connectivity index (χ3n) is 6.99. The third-order valence-corrected chi connectivity index (χ3v) is 6.99. The monoisotopic (exact) mass is 496 g/mol. The van der Waals surface area contributed by atoms with E-state index in [9.17, 15) is 9.59 Å². The standard InChI is InChI=1S/C28H37FN4O3/c1-3-4-17-36-23-11-8-20(9-12-23)28(35)32(2)22-10-13-26(24(29)18-22)33-16-14-21(19-33)31-25-7-5-6-15-30-27(25)34/h8-13,18,21,25,31H,3-7,14-17,19H2,1-2H3,(H,30,34). The van der Waals surface area contributed by atoms with Crippen molar-refractivity contribution in [3.05, 3.63) is 53.8 Å². The zero-order valence-corrected chi connectivity index (χ0v) is 21.3. The second-order valence-corrected chi connectivity index (χ2v) is 9.66. The zero-order valence-electron chi connectivity index (χ0n) is 21.3. The lowest BCUT2D eigenvalue weighted by molar-refractivity contribution is -0.123. The quantitative estimate of drug-likeness (QED) is 0.511. The SMILES string of the molecule is CCCCOc1ccc(C(=O)N(C)c2ccc(N3CCC(NC4CCCCNC4=O)C3)c(F)c2)cc1. The molecule has 0 radical (unpaired) electrons. The Bertz CT molecular complexity index is 1050. The van der Waals surface area contributed by atoms with E-state index in [-0.39, 0.29) is 29.7 Å². The molecule has 2 fully saturated rings. The van der Waals surface area contributed by atoms with Gasteiger partial charge in [-0.05, 0) is 74.6 Å². The van der Waals surface area contributed by atoms with Gasteiger partial charge in [-0.2, -0.15) is 0 Å². The van der Waals surface area contributed by atoms with Gasteiger partial charge in [0.15, 0.2) is 0 Å². The molecule has 4 rings (SSSR count). The van der Waals surface area contributed by atoms with Gasteiger partial charge in [-0.15, -0.1) is 0 Å². The molecule has 0 spiro atoms. The Kier molecular flexibility index (Phi) is 8.80. The van der Waals surface area contributed by atoms with E-state index in [0.29, 0.717) is 36.6 Å². The van der Waals surface area contributed by atoms with E-state index in [1.165, 1.54) is 11.0 Å². The maximum atomic E-state index is 15.1. The highest BCUT2D eigenvalue weighted by Gasteiger charge is 2.29. The van der Waals surface area contributed by atoms with Crippen LogP contribution < -0.4 is 25.2 Å². The average Bonchev–Trinajstić information content (AvgIpc) is 3.25. The highest BCUT2D eigenvalue weighted by atomic mass is 19.1. The molecular weight excluding hydrogens is 459 g/mol. The van der Waals surface area contributed by atoms with Gasteiger partial charge >= 0.3 is 0 Å². The summed E-state index contributed by atoms with van der Waals surface area (Å²) < 4.78 is 20.8. The lowest BCUT2D eigenvalue weighted by Gasteiger charge is -2.24. The molecule has 0 bridgehead atoms. The maximum Gasteiger partial charge on any atom is 0.258 e. The van der Waals surface area contributed by atoms with Crippen LogP contribution in [0.5, 0.6) is 5.75 Å². The van der Waals surface area contributed by atoms with Gasteiger partial charge in [0, 0.05) is 44.0 Å². The second kappa shape index (κ2) is 12.2. The summed E-state index contributed by atoms with van der Waals surface area (Å²) in [5.74, 6) is 0.220. The summed E-state index contributed by atoms with van der Waals surface area (Å²) in [7, 11) is 1.65. The molecule has 36 heavy (non-hydrogen) atoms. The van der Waals surface area contributed by atoms with E-state index in [1.807, 2.05) is 4.90 Å². The Balaban J connectivity index is 1.35. The number of nitrogens with one attached hydrogen (secondary N) is 2. The van der Waals surface area contributed by atoms with Crippen LogP contribution in [0.1, 0.15) is 55.8 Å². The number of hydrogen-bond acceptors (Lipinski definition) is 5. The number of ether oxygens (including phenoxy) is 1. The van der Waals surface area contributed by atoms with Gasteiger partial charge in [0.25, 0.3) is 5.91 Å². The van der Waals surface area contributed by atoms with Crippen LogP contribution in [0.25, 0.3) is 0 Å². The minimum Gasteiger partial charge on any atom is -0.494 e. The van der Waals surface area contributed by atoms with E-state index in [4.69, 9.17) is 4.74 Å². The van der Waals surface area contributed by atoms with E-state index in [0.717, 1.165) is 50.8 Å². The molecule has 0 aromatic heterocycles. The molecule has 2 aliphatic heterocycles. The summed E-state index contributed by atoms with van der Waals surface area (Å²) in [5, 5.41) is 6.43. The average molecular weight is 497 g/mol. The zero-order chi connectivity index (χ0) is 25.5. The first-order valence-electron chi connectivity index (χ1n) is 13.1. The molecule has 2 aromatic rings. The van der Waals surface area contributed by atoms with Gasteiger partial charge in [0.2, 0.25) is 5.91 Å². The normalized spacial score (nSPS) is 20.1. The van der Waals surface area contributed by atoms with Crippen molar-refractivity contribution in [3.8, 4) is 5.75 Å². The molecule has 2 amide bonds. The van der Waals surface area contributed by atoms with Crippen LogP contribution in [0.3, 0.4) is 0 Å². The second-order valence-electron chi connectivity index (χ2n) is 9.66. The largest absolute Gasteiger partial charge is 0.494 e. The van der Waals surface area contributed by atoms with Gasteiger partial charge in [0.1, 0.15) is 11.6 Å². The summed E-state index contributed by atoms with van der Waals surface area (Å²) in [6.45, 7) is 4.85. The van der Waals surface area contributed by atoms with Crippen molar-refractivity contribution in [2.24, 2.45) is 0 Å². The number of amides is 2. The van der Waals surface area contributed by atoms with Crippen molar-refractivity contribution >= 4 is 23.2 Å². The maximum absolute atomic E-state index is 15.1. The lowest BCUT2D eigenvalue weighted by atomic mass is 10.1. The summed E-state index contributed by atoms with van der Waals surface area (Å²) in [6.07, 6.45) is 5.75. The molecule has 8 heteroatoms. The van der Waals surface area contributed by atoms with E-state index >= 15 is 4.39 Å². The number of carbonyl (C=O) groups is 2. The first-order valence-corrected chi connectivity index (χ1v) is 13.1. The molecule has 2 heterocycles. The molecule has 194 valence electrons. The Morgan fingerprint density at radius 2 is 2.00 bits per heavy atom. The summed E-state index contributed by atoms with van der Waals surface area (Å²) in [5.41, 5.74) is 1.53. The molecular formula is C28H37FN4O3. The molecule has 0 saturated carbocycles. The topological polar surface area (TPSA) is 73.9 Å². The lowest BCUT2D eigenvalue weighted by Crippen LogP contribution is -2.48. The Labute approximate surface area is 213 Å². The molecule has 0 aliphatic carbocycles. The van der Waals surface area contributed by atoms with Crippen molar-refractivity contribution < 1.29 is 18.7 Å². The van der Waals surface area contributed by atoms with Crippen molar-refractivity contribution in [3.63, 3.8) is 0 Å². The van der Waals surface area contributed by atoms with Crippen LogP contribution in [-0.4, -0.2) is 57.2 Å². The number of anilines is 2. The number of hydrogen-bond donors (Lipinski definition) is 2. The fourth-order valence-corrected chi connectivity index (χ4v) is 4.80. The summed E-state index contributed by atoms with van der Waals surface area (Å²) >= 11 is 0. The van der Waals surface area contributed by atoms with Crippen LogP contribution in [-0.2, 0) is 4.79 Å². The van der Waals surface area contributed by atoms with Crippen LogP contribution in [0.15, 0.2) is 42.5 Å². The number of halogens is 1. The molecule has 2 atom stereocenters. The van der Waals surface area contributed by atoms with Gasteiger partial charge in [-0.25, -0.2) is 4.39 Å². The van der Waals surface area contributed by atoms with Gasteiger partial charge in [0.05, 0.1) is 18.3 Å². The summed E-state index contributed by atoms with van der Waals surface area (Å²) in [6, 6.07) is 11.9. The van der Waals surface area contributed by atoms with Crippen molar-refractivity contribution in [1.29, 1.82) is 0 Å². The fourth-order valence-electron chi connectivity index (χ4n) is 4.80. The smallest absolute Gasteiger partial charge is 0.258 e. The van der Waals surface area contributed by atoms with Crippen molar-refractivity contribution in [1.82, 2.24) is 10.6 Å². The number of benzene rings is 2. The van der Waals surface area contributed by atoms with Gasteiger partial charge in [-0.1, -0.05) is 13.3 Å². The number of carbonyl (C=O) groups excluding carboxylic acids is 2. The van der Waals surface area contributed by atoms with Crippen LogP contribution in [0.2, 0.25) is 0 Å². The van der Waals surface area contributed by atoms with Crippen molar-refractivity contribution in [2.75, 3.05) is 43.1 Å². The summed E-state index contributed by atoms with van der Waals surface area (Å²) in [4.78, 5) is 28.7. The van der Waals surface area contributed by atoms with Gasteiger partial charge < -0.3 is 25.2 Å². The van der Waals surface area contributed by atoms with Crippen LogP contribution in [0, 0.1) is 5.82 Å². The first-order chi connectivity index (χ1) is 17.5. The van der Waals surface area contributed by atoms with E-state index < -0.39 is 0 Å². The molecule has 2 aliphatic rings. The van der Waals surface area contributed by atoms with Gasteiger partial charge in [-0.3, -0.25) is 9.59 Å². The Morgan fingerprint density at radius 3 is 2.75 bits per heavy atom. The first kappa shape index (κ1) is 25.9. The van der Waals surface area contributed by atoms with E-state index in [2.05, 4.69) is 17.6 Å². The molecule has 2 unspecified atom stereocenters. The number of unbranched alkanes of at least 4 members (excludes halogenated alkanes) is 1. The van der Waals surface area contributed by atoms with Crippen LogP contribution in [0.4, 0.5) is 15.8 Å². The highest BCUT2D eigenvalue weighted by Crippen LogP contribution is 2.28. The number of nitrogens with zero attached hydrogens (tertiary/aromatic N) is 2. The van der Waals surface area contributed by atoms with Crippen molar-refractivity contribution in [2.45, 2.75) is 57.5 Å². The molecule has 2 saturated heterocycles. The minimum atomic E-state index is -0.361.